The van der Waals surface area contributed by atoms with Gasteiger partial charge in [0, 0.05) is 5.56 Å². The van der Waals surface area contributed by atoms with E-state index in [9.17, 15) is 19.2 Å². The third kappa shape index (κ3) is 6.55. The molecule has 3 rings (SSSR count). The highest BCUT2D eigenvalue weighted by atomic mass is 16.5. The molecule has 0 heterocycles. The van der Waals surface area contributed by atoms with Crippen molar-refractivity contribution in [1.82, 2.24) is 10.6 Å². The van der Waals surface area contributed by atoms with Crippen LogP contribution in [0, 0.1) is 11.8 Å². The van der Waals surface area contributed by atoms with Crippen LogP contribution in [0.1, 0.15) is 76.6 Å². The first-order valence-electron chi connectivity index (χ1n) is 12.2. The summed E-state index contributed by atoms with van der Waals surface area (Å²) in [5, 5.41) is 5.42. The Hall–Kier alpha value is -2.96. The van der Waals surface area contributed by atoms with Gasteiger partial charge in [0.1, 0.15) is 6.04 Å². The van der Waals surface area contributed by atoms with Gasteiger partial charge in [-0.15, -0.1) is 0 Å². The summed E-state index contributed by atoms with van der Waals surface area (Å²) in [4.78, 5) is 50.9. The van der Waals surface area contributed by atoms with Crippen molar-refractivity contribution in [3.8, 4) is 11.1 Å². The Morgan fingerprint density at radius 3 is 2.32 bits per heavy atom. The molecular weight excluding hydrogens is 432 g/mol. The summed E-state index contributed by atoms with van der Waals surface area (Å²) in [6.07, 6.45) is 5.42. The molecule has 1 atom stereocenters. The summed E-state index contributed by atoms with van der Waals surface area (Å²) < 4.78 is 5.40. The second kappa shape index (κ2) is 11.0. The lowest BCUT2D eigenvalue weighted by Gasteiger charge is -2.28. The Bertz CT molecular complexity index is 1010. The maximum Gasteiger partial charge on any atom is 0.407 e. The van der Waals surface area contributed by atoms with Crippen molar-refractivity contribution >= 4 is 17.8 Å². The average molecular weight is 469 g/mol. The number of Topliss-reactive ketones (excluding diaryl/α,β-unsaturated/α-hetero) is 1. The van der Waals surface area contributed by atoms with Gasteiger partial charge < -0.3 is 15.4 Å². The van der Waals surface area contributed by atoms with Crippen LogP contribution in [-0.4, -0.2) is 36.0 Å². The molecule has 0 saturated heterocycles. The molecule has 2 N–H and O–H groups in total. The fourth-order valence-electron chi connectivity index (χ4n) is 4.47. The van der Waals surface area contributed by atoms with Crippen LogP contribution < -0.4 is 16.1 Å². The molecule has 0 radical (unpaired) electrons. The van der Waals surface area contributed by atoms with Gasteiger partial charge >= 0.3 is 6.09 Å². The molecule has 2 amide bonds. The minimum Gasteiger partial charge on any atom is -0.449 e. The fraction of sp³-hybridized carbons (Fsp3) is 0.556. The molecule has 7 nitrogen and oxygen atoms in total. The Labute approximate surface area is 201 Å². The Morgan fingerprint density at radius 2 is 1.71 bits per heavy atom. The van der Waals surface area contributed by atoms with Gasteiger partial charge in [0.05, 0.1) is 17.7 Å². The number of carbonyl (C=O) groups is 3. The number of rotatable bonds is 10. The molecule has 2 aromatic carbocycles. The van der Waals surface area contributed by atoms with Gasteiger partial charge in [0.15, 0.2) is 11.2 Å². The quantitative estimate of drug-likeness (QED) is 0.504. The zero-order valence-corrected chi connectivity index (χ0v) is 20.6. The normalized spacial score (nSPS) is 15.8. The van der Waals surface area contributed by atoms with Crippen LogP contribution in [0.25, 0.3) is 11.1 Å². The Morgan fingerprint density at radius 1 is 1.06 bits per heavy atom. The van der Waals surface area contributed by atoms with Crippen LogP contribution in [0.4, 0.5) is 4.79 Å². The SMILES string of the molecule is CC(C)CC(NC(=O)OCC1CCCCC1)C(=O)NC(C)(C)C(=O)c1c(-c2ccccc2)c1=O. The predicted octanol–water partition coefficient (Wildman–Crippen LogP) is 4.39. The number of amides is 2. The number of hydrogen-bond acceptors (Lipinski definition) is 5. The maximum atomic E-state index is 13.1. The van der Waals surface area contributed by atoms with E-state index >= 15 is 0 Å². The van der Waals surface area contributed by atoms with Gasteiger partial charge in [-0.3, -0.25) is 14.4 Å². The van der Waals surface area contributed by atoms with E-state index in [1.807, 2.05) is 19.9 Å². The van der Waals surface area contributed by atoms with Gasteiger partial charge in [-0.2, -0.15) is 0 Å². The van der Waals surface area contributed by atoms with Crippen LogP contribution in [0.5, 0.6) is 0 Å². The summed E-state index contributed by atoms with van der Waals surface area (Å²) in [7, 11) is 0. The first-order valence-corrected chi connectivity index (χ1v) is 12.2. The van der Waals surface area contributed by atoms with Crippen molar-refractivity contribution in [1.29, 1.82) is 0 Å². The lowest BCUT2D eigenvalue weighted by Crippen LogP contribution is -2.56. The molecule has 1 aliphatic carbocycles. The first kappa shape index (κ1) is 25.7. The molecule has 0 bridgehead atoms. The van der Waals surface area contributed by atoms with Gasteiger partial charge in [-0.1, -0.05) is 63.4 Å². The van der Waals surface area contributed by atoms with Crippen LogP contribution in [-0.2, 0) is 9.53 Å². The number of hydrogen-bond donors (Lipinski definition) is 2. The van der Waals surface area contributed by atoms with E-state index in [2.05, 4.69) is 10.6 Å². The highest BCUT2D eigenvalue weighted by Gasteiger charge is 2.40. The first-order chi connectivity index (χ1) is 16.1. The summed E-state index contributed by atoms with van der Waals surface area (Å²) in [6.45, 7) is 7.39. The van der Waals surface area contributed by atoms with Crippen LogP contribution in [0.15, 0.2) is 35.1 Å². The molecule has 1 fully saturated rings. The molecule has 1 aliphatic rings. The van der Waals surface area contributed by atoms with E-state index in [1.54, 1.807) is 38.1 Å². The number of nitrogens with one attached hydrogen (secondary N) is 2. The molecule has 2 aromatic rings. The van der Waals surface area contributed by atoms with Crippen molar-refractivity contribution in [3.05, 3.63) is 46.1 Å². The highest BCUT2D eigenvalue weighted by molar-refractivity contribution is 6.14. The summed E-state index contributed by atoms with van der Waals surface area (Å²) >= 11 is 0. The molecule has 184 valence electrons. The zero-order valence-electron chi connectivity index (χ0n) is 20.6. The molecule has 34 heavy (non-hydrogen) atoms. The number of carbonyl (C=O) groups excluding carboxylic acids is 3. The lowest BCUT2D eigenvalue weighted by molar-refractivity contribution is -0.124. The number of benzene rings is 1. The molecule has 1 unspecified atom stereocenters. The topological polar surface area (TPSA) is 102 Å². The van der Waals surface area contributed by atoms with Gasteiger partial charge in [0.2, 0.25) is 5.91 Å². The van der Waals surface area contributed by atoms with E-state index in [4.69, 9.17) is 4.74 Å². The molecule has 0 spiro atoms. The van der Waals surface area contributed by atoms with Crippen molar-refractivity contribution in [2.45, 2.75) is 77.8 Å². The average Bonchev–Trinajstić information content (AvgIpc) is 3.47. The standard InChI is InChI=1S/C27H36N2O5/c1-17(2)15-20(28-26(33)34-16-18-11-7-5-8-12-18)25(32)29-27(3,4)24(31)22-21(23(22)30)19-13-9-6-10-14-19/h6,9-10,13-14,17-18,20H,5,7-8,11-12,15-16H2,1-4H3,(H,28,33)(H,29,32). The smallest absolute Gasteiger partial charge is 0.407 e. The molecule has 7 heteroatoms. The number of alkyl carbamates (subject to hydrolysis) is 1. The minimum absolute atomic E-state index is 0.122. The second-order valence-electron chi connectivity index (χ2n) is 10.3. The lowest BCUT2D eigenvalue weighted by atomic mass is 9.90. The molecule has 0 aromatic heterocycles. The van der Waals surface area contributed by atoms with E-state index in [0.717, 1.165) is 25.7 Å². The summed E-state index contributed by atoms with van der Waals surface area (Å²) in [6, 6.07) is 8.16. The Kier molecular flexibility index (Phi) is 8.28. The van der Waals surface area contributed by atoms with Gasteiger partial charge in [0.25, 0.3) is 0 Å². The maximum absolute atomic E-state index is 13.1. The molecular formula is C27H36N2O5. The highest BCUT2D eigenvalue weighted by Crippen LogP contribution is 2.28. The second-order valence-corrected chi connectivity index (χ2v) is 10.3. The van der Waals surface area contributed by atoms with Crippen LogP contribution in [0.2, 0.25) is 0 Å². The van der Waals surface area contributed by atoms with Crippen molar-refractivity contribution in [2.75, 3.05) is 6.61 Å². The number of ether oxygens (including phenoxy) is 1. The molecule has 0 aliphatic heterocycles. The van der Waals surface area contributed by atoms with Crippen molar-refractivity contribution in [3.63, 3.8) is 0 Å². The minimum atomic E-state index is -1.30. The fourth-order valence-corrected chi connectivity index (χ4v) is 4.47. The van der Waals surface area contributed by atoms with Gasteiger partial charge in [-0.05, 0) is 50.5 Å². The largest absolute Gasteiger partial charge is 0.449 e. The van der Waals surface area contributed by atoms with E-state index in [0.29, 0.717) is 30.1 Å². The number of ketones is 1. The zero-order chi connectivity index (χ0) is 24.9. The third-order valence-corrected chi connectivity index (χ3v) is 6.43. The van der Waals surface area contributed by atoms with Gasteiger partial charge in [-0.25, -0.2) is 4.79 Å². The van der Waals surface area contributed by atoms with E-state index in [-0.39, 0.29) is 16.9 Å². The van der Waals surface area contributed by atoms with Crippen LogP contribution >= 0.6 is 0 Å². The summed E-state index contributed by atoms with van der Waals surface area (Å²) in [5.74, 6) is -0.410. The van der Waals surface area contributed by atoms with E-state index < -0.39 is 29.4 Å². The van der Waals surface area contributed by atoms with Crippen LogP contribution in [0.3, 0.4) is 0 Å². The monoisotopic (exact) mass is 468 g/mol. The predicted molar refractivity (Wildman–Crippen MR) is 131 cm³/mol. The van der Waals surface area contributed by atoms with Crippen molar-refractivity contribution < 1.29 is 19.1 Å². The van der Waals surface area contributed by atoms with E-state index in [1.165, 1.54) is 6.42 Å². The van der Waals surface area contributed by atoms with Crippen molar-refractivity contribution in [2.24, 2.45) is 11.8 Å². The molecule has 1 saturated carbocycles. The Balaban J connectivity index is 1.61. The third-order valence-electron chi connectivity index (χ3n) is 6.43. The summed E-state index contributed by atoms with van der Waals surface area (Å²) in [5.41, 5.74) is -0.380.